The van der Waals surface area contributed by atoms with E-state index in [-0.39, 0.29) is 23.6 Å². The normalized spacial score (nSPS) is 10.0. The summed E-state index contributed by atoms with van der Waals surface area (Å²) in [5.74, 6) is -1.70. The van der Waals surface area contributed by atoms with Crippen LogP contribution in [-0.4, -0.2) is 40.4 Å². The number of nitrogens with zero attached hydrogens (tertiary/aromatic N) is 2. The molecule has 0 saturated carbocycles. The highest BCUT2D eigenvalue weighted by Gasteiger charge is 2.25. The highest BCUT2D eigenvalue weighted by atomic mass is 35.5. The SMILES string of the molecule is CN(CCC(=O)O)C(=O)c1cccc(Cl)c1[N+](=O)[O-]. The highest BCUT2D eigenvalue weighted by Crippen LogP contribution is 2.28. The Morgan fingerprint density at radius 2 is 2.11 bits per heavy atom. The first-order valence-electron chi connectivity index (χ1n) is 5.24. The summed E-state index contributed by atoms with van der Waals surface area (Å²) >= 11 is 5.69. The van der Waals surface area contributed by atoms with Crippen molar-refractivity contribution in [2.24, 2.45) is 0 Å². The minimum atomic E-state index is -1.06. The van der Waals surface area contributed by atoms with Crippen LogP contribution in [0.3, 0.4) is 0 Å². The predicted octanol–water partition coefficient (Wildman–Crippen LogP) is 1.79. The fourth-order valence-electron chi connectivity index (χ4n) is 1.44. The van der Waals surface area contributed by atoms with Crippen LogP contribution in [0.2, 0.25) is 5.02 Å². The van der Waals surface area contributed by atoms with Crippen LogP contribution in [-0.2, 0) is 4.79 Å². The maximum absolute atomic E-state index is 12.0. The fourth-order valence-corrected chi connectivity index (χ4v) is 1.69. The van der Waals surface area contributed by atoms with E-state index in [4.69, 9.17) is 16.7 Å². The Bertz CT molecular complexity index is 532. The lowest BCUT2D eigenvalue weighted by Crippen LogP contribution is -2.29. The number of carbonyl (C=O) groups is 2. The van der Waals surface area contributed by atoms with Gasteiger partial charge in [-0.3, -0.25) is 19.7 Å². The highest BCUT2D eigenvalue weighted by molar-refractivity contribution is 6.33. The number of hydrogen-bond acceptors (Lipinski definition) is 4. The van der Waals surface area contributed by atoms with Crippen molar-refractivity contribution < 1.29 is 19.6 Å². The smallest absolute Gasteiger partial charge is 0.305 e. The molecule has 0 aliphatic rings. The molecule has 0 fully saturated rings. The first-order valence-corrected chi connectivity index (χ1v) is 5.62. The van der Waals surface area contributed by atoms with Crippen LogP contribution >= 0.6 is 11.6 Å². The summed E-state index contributed by atoms with van der Waals surface area (Å²) < 4.78 is 0. The van der Waals surface area contributed by atoms with E-state index in [1.54, 1.807) is 0 Å². The van der Waals surface area contributed by atoms with E-state index >= 15 is 0 Å². The largest absolute Gasteiger partial charge is 0.481 e. The summed E-state index contributed by atoms with van der Waals surface area (Å²) in [6.07, 6.45) is -0.239. The summed E-state index contributed by atoms with van der Waals surface area (Å²) in [5.41, 5.74) is -0.637. The number of amides is 1. The maximum atomic E-state index is 12.0. The molecule has 19 heavy (non-hydrogen) atoms. The van der Waals surface area contributed by atoms with Crippen LogP contribution in [0.15, 0.2) is 18.2 Å². The lowest BCUT2D eigenvalue weighted by molar-refractivity contribution is -0.385. The van der Waals surface area contributed by atoms with Gasteiger partial charge in [0.15, 0.2) is 0 Å². The molecule has 1 N–H and O–H groups in total. The quantitative estimate of drug-likeness (QED) is 0.657. The number of carboxylic acids is 1. The van der Waals surface area contributed by atoms with Gasteiger partial charge in [-0.1, -0.05) is 17.7 Å². The van der Waals surface area contributed by atoms with Gasteiger partial charge in [0, 0.05) is 13.6 Å². The average Bonchev–Trinajstić information content (AvgIpc) is 2.34. The summed E-state index contributed by atoms with van der Waals surface area (Å²) in [4.78, 5) is 33.7. The zero-order valence-corrected chi connectivity index (χ0v) is 10.8. The molecule has 1 aromatic carbocycles. The molecule has 0 radical (unpaired) electrons. The van der Waals surface area contributed by atoms with Gasteiger partial charge in [-0.2, -0.15) is 0 Å². The van der Waals surface area contributed by atoms with E-state index in [2.05, 4.69) is 0 Å². The van der Waals surface area contributed by atoms with Gasteiger partial charge in [-0.25, -0.2) is 0 Å². The second-order valence-electron chi connectivity index (χ2n) is 3.76. The number of nitro groups is 1. The zero-order chi connectivity index (χ0) is 14.6. The van der Waals surface area contributed by atoms with Gasteiger partial charge in [-0.05, 0) is 12.1 Å². The average molecular weight is 287 g/mol. The third-order valence-electron chi connectivity index (χ3n) is 2.41. The van der Waals surface area contributed by atoms with Gasteiger partial charge < -0.3 is 10.0 Å². The predicted molar refractivity (Wildman–Crippen MR) is 67.3 cm³/mol. The molecule has 0 aliphatic carbocycles. The number of aliphatic carboxylic acids is 1. The molecular formula is C11H11ClN2O5. The molecule has 0 saturated heterocycles. The van der Waals surface area contributed by atoms with Gasteiger partial charge in [0.05, 0.1) is 11.3 Å². The Labute approximate surface area is 113 Å². The van der Waals surface area contributed by atoms with Crippen molar-refractivity contribution in [2.75, 3.05) is 13.6 Å². The van der Waals surface area contributed by atoms with Crippen molar-refractivity contribution in [2.45, 2.75) is 6.42 Å². The molecule has 0 heterocycles. The molecule has 1 amide bonds. The van der Waals surface area contributed by atoms with Crippen molar-refractivity contribution >= 4 is 29.2 Å². The van der Waals surface area contributed by atoms with Crippen LogP contribution in [0.25, 0.3) is 0 Å². The number of carboxylic acid groups (broad SMARTS) is 1. The monoisotopic (exact) mass is 286 g/mol. The van der Waals surface area contributed by atoms with Crippen LogP contribution < -0.4 is 0 Å². The molecule has 0 spiro atoms. The number of para-hydroxylation sites is 1. The molecule has 0 atom stereocenters. The molecule has 0 bridgehead atoms. The molecular weight excluding hydrogens is 276 g/mol. The number of hydrogen-bond donors (Lipinski definition) is 1. The summed E-state index contributed by atoms with van der Waals surface area (Å²) in [6, 6.07) is 4.02. The zero-order valence-electron chi connectivity index (χ0n) is 10.00. The third-order valence-corrected chi connectivity index (χ3v) is 2.71. The molecule has 7 nitrogen and oxygen atoms in total. The van der Waals surface area contributed by atoms with Crippen LogP contribution in [0.5, 0.6) is 0 Å². The maximum Gasteiger partial charge on any atom is 0.305 e. The number of benzene rings is 1. The Balaban J connectivity index is 3.03. The molecule has 1 aromatic rings. The number of carbonyl (C=O) groups excluding carboxylic acids is 1. The fraction of sp³-hybridized carbons (Fsp3) is 0.273. The standard InChI is InChI=1S/C11H11ClN2O5/c1-13(6-5-9(15)16)11(17)7-3-2-4-8(12)10(7)14(18)19/h2-4H,5-6H2,1H3,(H,15,16). The van der Waals surface area contributed by atoms with Crippen LogP contribution in [0, 0.1) is 10.1 Å². The third kappa shape index (κ3) is 3.65. The van der Waals surface area contributed by atoms with Crippen molar-refractivity contribution in [1.29, 1.82) is 0 Å². The van der Waals surface area contributed by atoms with Crippen molar-refractivity contribution in [1.82, 2.24) is 4.90 Å². The summed E-state index contributed by atoms with van der Waals surface area (Å²) in [7, 11) is 1.37. The minimum absolute atomic E-state index is 0.0438. The number of rotatable bonds is 5. The van der Waals surface area contributed by atoms with E-state index in [1.807, 2.05) is 0 Å². The van der Waals surface area contributed by atoms with Gasteiger partial charge in [-0.15, -0.1) is 0 Å². The van der Waals surface area contributed by atoms with Crippen LogP contribution in [0.1, 0.15) is 16.8 Å². The first kappa shape index (κ1) is 14.9. The van der Waals surface area contributed by atoms with E-state index in [1.165, 1.54) is 25.2 Å². The number of halogens is 1. The van der Waals surface area contributed by atoms with Gasteiger partial charge in [0.1, 0.15) is 10.6 Å². The van der Waals surface area contributed by atoms with Gasteiger partial charge in [0.25, 0.3) is 5.91 Å². The van der Waals surface area contributed by atoms with Crippen molar-refractivity contribution in [3.05, 3.63) is 38.9 Å². The van der Waals surface area contributed by atoms with E-state index in [0.29, 0.717) is 0 Å². The van der Waals surface area contributed by atoms with E-state index in [9.17, 15) is 19.7 Å². The Morgan fingerprint density at radius 1 is 1.47 bits per heavy atom. The lowest BCUT2D eigenvalue weighted by Gasteiger charge is -2.16. The molecule has 0 unspecified atom stereocenters. The first-order chi connectivity index (χ1) is 8.84. The van der Waals surface area contributed by atoms with E-state index < -0.39 is 22.5 Å². The topological polar surface area (TPSA) is 101 Å². The Hall–Kier alpha value is -2.15. The van der Waals surface area contributed by atoms with Gasteiger partial charge >= 0.3 is 11.7 Å². The van der Waals surface area contributed by atoms with Crippen molar-refractivity contribution in [3.63, 3.8) is 0 Å². The second-order valence-corrected chi connectivity index (χ2v) is 4.17. The van der Waals surface area contributed by atoms with Gasteiger partial charge in [0.2, 0.25) is 0 Å². The Kier molecular flexibility index (Phi) is 4.82. The summed E-state index contributed by atoms with van der Waals surface area (Å²) in [6.45, 7) is -0.0438. The lowest BCUT2D eigenvalue weighted by atomic mass is 10.1. The molecule has 0 aliphatic heterocycles. The molecule has 0 aromatic heterocycles. The molecule has 102 valence electrons. The Morgan fingerprint density at radius 3 is 2.63 bits per heavy atom. The molecule has 8 heteroatoms. The van der Waals surface area contributed by atoms with E-state index in [0.717, 1.165) is 4.90 Å². The minimum Gasteiger partial charge on any atom is -0.481 e. The van der Waals surface area contributed by atoms with Crippen molar-refractivity contribution in [3.8, 4) is 0 Å². The van der Waals surface area contributed by atoms with Crippen LogP contribution in [0.4, 0.5) is 5.69 Å². The molecule has 1 rings (SSSR count). The second kappa shape index (κ2) is 6.14. The number of nitro benzene ring substituents is 1. The summed E-state index contributed by atoms with van der Waals surface area (Å²) in [5, 5.41) is 19.3.